The molecule has 1 amide bonds. The number of carbonyl (C=O) groups excluding carboxylic acids is 1. The van der Waals surface area contributed by atoms with Crippen molar-refractivity contribution in [1.82, 2.24) is 14.7 Å². The van der Waals surface area contributed by atoms with Gasteiger partial charge in [-0.15, -0.1) is 0 Å². The smallest absolute Gasteiger partial charge is 0.285 e. The first kappa shape index (κ1) is 13.5. The molecular formula is C12H20N6O. The molecule has 2 aliphatic heterocycles. The number of rotatable bonds is 1. The highest BCUT2D eigenvalue weighted by Gasteiger charge is 2.25. The fourth-order valence-corrected chi connectivity index (χ4v) is 1.98. The van der Waals surface area contributed by atoms with Crippen LogP contribution in [0.2, 0.25) is 0 Å². The second-order valence-corrected chi connectivity index (χ2v) is 5.01. The summed E-state index contributed by atoms with van der Waals surface area (Å²) in [5.41, 5.74) is 6.21. The van der Waals surface area contributed by atoms with Crippen LogP contribution in [0.4, 0.5) is 0 Å². The van der Waals surface area contributed by atoms with Gasteiger partial charge in [-0.2, -0.15) is 9.98 Å². The molecular weight excluding hydrogens is 244 g/mol. The Bertz CT molecular complexity index is 457. The molecule has 2 heterocycles. The molecule has 2 rings (SSSR count). The third kappa shape index (κ3) is 3.11. The summed E-state index contributed by atoms with van der Waals surface area (Å²) in [5, 5.41) is 0. The van der Waals surface area contributed by atoms with Crippen molar-refractivity contribution in [3.8, 4) is 0 Å². The third-order valence-electron chi connectivity index (χ3n) is 3.10. The van der Waals surface area contributed by atoms with E-state index in [4.69, 9.17) is 5.73 Å². The second kappa shape index (κ2) is 5.40. The molecule has 0 radical (unpaired) electrons. The SMILES string of the molecule is CN(C)/C=C1/C(=O)N=C(N2CCN(C)CC2)N=C1N. The number of hydrogen-bond acceptors (Lipinski definition) is 6. The van der Waals surface area contributed by atoms with Gasteiger partial charge in [0.1, 0.15) is 5.84 Å². The topological polar surface area (TPSA) is 77.5 Å². The van der Waals surface area contributed by atoms with Crippen molar-refractivity contribution in [2.45, 2.75) is 0 Å². The van der Waals surface area contributed by atoms with Crippen molar-refractivity contribution in [3.63, 3.8) is 0 Å². The lowest BCUT2D eigenvalue weighted by Gasteiger charge is -2.33. The number of likely N-dealkylation sites (N-methyl/N-ethyl adjacent to an activating group) is 1. The average Bonchev–Trinajstić information content (AvgIpc) is 2.34. The minimum Gasteiger partial charge on any atom is -0.383 e. The number of aliphatic imine (C=N–C) groups is 2. The quantitative estimate of drug-likeness (QED) is 0.610. The van der Waals surface area contributed by atoms with Crippen LogP contribution in [-0.4, -0.2) is 79.7 Å². The Morgan fingerprint density at radius 2 is 1.84 bits per heavy atom. The van der Waals surface area contributed by atoms with Crippen LogP contribution in [0.3, 0.4) is 0 Å². The lowest BCUT2D eigenvalue weighted by atomic mass is 10.2. The zero-order valence-electron chi connectivity index (χ0n) is 11.6. The number of nitrogens with zero attached hydrogens (tertiary/aromatic N) is 5. The predicted molar refractivity (Wildman–Crippen MR) is 74.9 cm³/mol. The van der Waals surface area contributed by atoms with E-state index < -0.39 is 0 Å². The van der Waals surface area contributed by atoms with E-state index in [1.807, 2.05) is 19.0 Å². The lowest BCUT2D eigenvalue weighted by molar-refractivity contribution is -0.114. The summed E-state index contributed by atoms with van der Waals surface area (Å²) in [5.74, 6) is 0.351. The van der Waals surface area contributed by atoms with Gasteiger partial charge in [-0.05, 0) is 7.05 Å². The molecule has 19 heavy (non-hydrogen) atoms. The first-order valence-corrected chi connectivity index (χ1v) is 6.26. The van der Waals surface area contributed by atoms with Crippen molar-refractivity contribution in [2.75, 3.05) is 47.3 Å². The predicted octanol–water partition coefficient (Wildman–Crippen LogP) is -1.07. The molecule has 0 bridgehead atoms. The van der Waals surface area contributed by atoms with Crippen LogP contribution in [0.25, 0.3) is 0 Å². The molecule has 1 saturated heterocycles. The molecule has 7 heteroatoms. The summed E-state index contributed by atoms with van der Waals surface area (Å²) < 4.78 is 0. The summed E-state index contributed by atoms with van der Waals surface area (Å²) in [4.78, 5) is 26.2. The zero-order chi connectivity index (χ0) is 14.0. The van der Waals surface area contributed by atoms with Gasteiger partial charge in [0.2, 0.25) is 5.96 Å². The first-order valence-electron chi connectivity index (χ1n) is 6.26. The minimum absolute atomic E-state index is 0.239. The number of amides is 1. The number of guanidine groups is 1. The van der Waals surface area contributed by atoms with Gasteiger partial charge in [0.05, 0.1) is 5.57 Å². The van der Waals surface area contributed by atoms with Gasteiger partial charge in [-0.3, -0.25) is 4.79 Å². The fourth-order valence-electron chi connectivity index (χ4n) is 1.98. The molecule has 0 aromatic heterocycles. The molecule has 104 valence electrons. The van der Waals surface area contributed by atoms with Crippen molar-refractivity contribution < 1.29 is 4.79 Å². The Morgan fingerprint density at radius 3 is 2.37 bits per heavy atom. The maximum atomic E-state index is 12.0. The number of hydrogen-bond donors (Lipinski definition) is 1. The Labute approximate surface area is 113 Å². The van der Waals surface area contributed by atoms with E-state index in [-0.39, 0.29) is 11.7 Å². The summed E-state index contributed by atoms with van der Waals surface area (Å²) in [6.45, 7) is 3.49. The normalized spacial score (nSPS) is 23.4. The molecule has 7 nitrogen and oxygen atoms in total. The van der Waals surface area contributed by atoms with E-state index >= 15 is 0 Å². The molecule has 0 spiro atoms. The third-order valence-corrected chi connectivity index (χ3v) is 3.10. The minimum atomic E-state index is -0.324. The van der Waals surface area contributed by atoms with Gasteiger partial charge in [0, 0.05) is 46.5 Å². The van der Waals surface area contributed by atoms with Crippen LogP contribution in [0, 0.1) is 0 Å². The highest BCUT2D eigenvalue weighted by molar-refractivity contribution is 6.27. The first-order chi connectivity index (χ1) is 8.97. The van der Waals surface area contributed by atoms with Crippen molar-refractivity contribution in [1.29, 1.82) is 0 Å². The number of nitrogens with two attached hydrogens (primary N) is 1. The Kier molecular flexibility index (Phi) is 3.84. The number of amidine groups is 1. The van der Waals surface area contributed by atoms with Crippen LogP contribution in [0.15, 0.2) is 21.8 Å². The second-order valence-electron chi connectivity index (χ2n) is 5.01. The Hall–Kier alpha value is -1.89. The monoisotopic (exact) mass is 264 g/mol. The summed E-state index contributed by atoms with van der Waals surface area (Å²) in [7, 11) is 5.72. The van der Waals surface area contributed by atoms with Gasteiger partial charge in [-0.25, -0.2) is 0 Å². The van der Waals surface area contributed by atoms with E-state index in [0.717, 1.165) is 26.2 Å². The van der Waals surface area contributed by atoms with E-state index in [1.165, 1.54) is 0 Å². The molecule has 1 fully saturated rings. The molecule has 0 aromatic rings. The Balaban J connectivity index is 2.16. The summed E-state index contributed by atoms with van der Waals surface area (Å²) in [6.07, 6.45) is 1.64. The standard InChI is InChI=1S/C12H20N6O/c1-16(2)8-9-10(13)14-12(15-11(9)19)18-6-4-17(3)5-7-18/h8H,4-7H2,1-3H3,(H2,13,14,15,19)/b9-8+. The van der Waals surface area contributed by atoms with Crippen LogP contribution >= 0.6 is 0 Å². The summed E-state index contributed by atoms with van der Waals surface area (Å²) in [6, 6.07) is 0. The maximum Gasteiger partial charge on any atom is 0.285 e. The summed E-state index contributed by atoms with van der Waals surface area (Å²) >= 11 is 0. The van der Waals surface area contributed by atoms with E-state index in [2.05, 4.69) is 21.9 Å². The fraction of sp³-hybridized carbons (Fsp3) is 0.583. The molecule has 0 aliphatic carbocycles. The van der Waals surface area contributed by atoms with Gasteiger partial charge >= 0.3 is 0 Å². The van der Waals surface area contributed by atoms with Gasteiger partial charge in [0.15, 0.2) is 0 Å². The Morgan fingerprint density at radius 1 is 1.21 bits per heavy atom. The van der Waals surface area contributed by atoms with E-state index in [1.54, 1.807) is 11.1 Å². The number of piperazine rings is 1. The average molecular weight is 264 g/mol. The molecule has 2 aliphatic rings. The van der Waals surface area contributed by atoms with Crippen molar-refractivity contribution in [3.05, 3.63) is 11.8 Å². The van der Waals surface area contributed by atoms with Crippen LogP contribution in [0.5, 0.6) is 0 Å². The highest BCUT2D eigenvalue weighted by atomic mass is 16.1. The van der Waals surface area contributed by atoms with Gasteiger partial charge in [0.25, 0.3) is 5.91 Å². The van der Waals surface area contributed by atoms with Gasteiger partial charge < -0.3 is 20.4 Å². The molecule has 0 aromatic carbocycles. The van der Waals surface area contributed by atoms with E-state index in [0.29, 0.717) is 11.5 Å². The molecule has 2 N–H and O–H groups in total. The van der Waals surface area contributed by atoms with Crippen LogP contribution in [-0.2, 0) is 4.79 Å². The van der Waals surface area contributed by atoms with E-state index in [9.17, 15) is 4.79 Å². The van der Waals surface area contributed by atoms with Crippen LogP contribution in [0.1, 0.15) is 0 Å². The molecule has 0 saturated carbocycles. The lowest BCUT2D eigenvalue weighted by Crippen LogP contribution is -2.48. The van der Waals surface area contributed by atoms with Crippen molar-refractivity contribution in [2.24, 2.45) is 15.7 Å². The van der Waals surface area contributed by atoms with Crippen LogP contribution < -0.4 is 5.73 Å². The highest BCUT2D eigenvalue weighted by Crippen LogP contribution is 2.10. The molecule has 0 unspecified atom stereocenters. The largest absolute Gasteiger partial charge is 0.383 e. The zero-order valence-corrected chi connectivity index (χ0v) is 11.6. The maximum absolute atomic E-state index is 12.0. The molecule has 0 atom stereocenters. The number of carbonyl (C=O) groups is 1. The van der Waals surface area contributed by atoms with Crippen molar-refractivity contribution >= 4 is 17.7 Å². The van der Waals surface area contributed by atoms with Gasteiger partial charge in [-0.1, -0.05) is 0 Å².